The Morgan fingerprint density at radius 1 is 1.25 bits per heavy atom. The maximum atomic E-state index is 10.2. The Bertz CT molecular complexity index is 660. The lowest BCUT2D eigenvalue weighted by atomic mass is 10.1. The van der Waals surface area contributed by atoms with E-state index in [9.17, 15) is 5.11 Å². The number of hydrogen-bond acceptors (Lipinski definition) is 3. The van der Waals surface area contributed by atoms with Gasteiger partial charge in [0, 0.05) is 5.69 Å². The second-order valence-electron chi connectivity index (χ2n) is 5.19. The monoisotopic (exact) mass is 441 g/mol. The second kappa shape index (κ2) is 10.1. The number of hydrogen-bond donors (Lipinski definition) is 3. The highest BCUT2D eigenvalue weighted by Crippen LogP contribution is 2.19. The van der Waals surface area contributed by atoms with Crippen molar-refractivity contribution in [3.8, 4) is 5.75 Å². The van der Waals surface area contributed by atoms with Crippen LogP contribution in [-0.4, -0.2) is 24.7 Å². The lowest BCUT2D eigenvalue weighted by molar-refractivity contribution is 0.187. The molecule has 0 heterocycles. The summed E-state index contributed by atoms with van der Waals surface area (Å²) in [6, 6.07) is 15.3. The van der Waals surface area contributed by atoms with E-state index in [1.54, 1.807) is 13.2 Å². The molecule has 130 valence electrons. The SMILES string of the molecule is CCc1ccc(NC(N)=NCC(O)c2cccc(OC)c2)cc1.I. The summed E-state index contributed by atoms with van der Waals surface area (Å²) in [5.41, 5.74) is 8.74. The molecule has 0 aromatic heterocycles. The number of halogens is 1. The molecule has 2 aromatic rings. The number of rotatable bonds is 6. The van der Waals surface area contributed by atoms with Crippen LogP contribution in [0.1, 0.15) is 24.2 Å². The number of nitrogens with two attached hydrogens (primary N) is 1. The Morgan fingerprint density at radius 3 is 2.58 bits per heavy atom. The normalized spacial score (nSPS) is 12.2. The van der Waals surface area contributed by atoms with E-state index in [4.69, 9.17) is 10.5 Å². The molecule has 1 atom stereocenters. The minimum atomic E-state index is -0.729. The lowest BCUT2D eigenvalue weighted by Gasteiger charge is -2.11. The number of anilines is 1. The van der Waals surface area contributed by atoms with Gasteiger partial charge in [-0.2, -0.15) is 0 Å². The lowest BCUT2D eigenvalue weighted by Crippen LogP contribution is -2.23. The number of ether oxygens (including phenoxy) is 1. The Kier molecular flexibility index (Phi) is 8.56. The molecule has 2 rings (SSSR count). The van der Waals surface area contributed by atoms with Crippen molar-refractivity contribution in [1.29, 1.82) is 0 Å². The maximum Gasteiger partial charge on any atom is 0.193 e. The van der Waals surface area contributed by atoms with Crippen LogP contribution in [-0.2, 0) is 6.42 Å². The van der Waals surface area contributed by atoms with Crippen LogP contribution in [0.25, 0.3) is 0 Å². The molecule has 0 spiro atoms. The van der Waals surface area contributed by atoms with Crippen LogP contribution in [0.4, 0.5) is 5.69 Å². The number of nitrogens with zero attached hydrogens (tertiary/aromatic N) is 1. The van der Waals surface area contributed by atoms with Crippen LogP contribution in [0, 0.1) is 0 Å². The number of guanidine groups is 1. The zero-order valence-electron chi connectivity index (χ0n) is 13.9. The van der Waals surface area contributed by atoms with E-state index < -0.39 is 6.10 Å². The molecule has 0 radical (unpaired) electrons. The topological polar surface area (TPSA) is 79.9 Å². The van der Waals surface area contributed by atoms with Gasteiger partial charge in [-0.15, -0.1) is 24.0 Å². The average Bonchev–Trinajstić information content (AvgIpc) is 2.60. The number of aliphatic hydroxyl groups excluding tert-OH is 1. The summed E-state index contributed by atoms with van der Waals surface area (Å²) in [4.78, 5) is 4.19. The molecule has 0 aliphatic carbocycles. The molecule has 0 aliphatic rings. The first-order valence-electron chi connectivity index (χ1n) is 7.60. The molecule has 2 aromatic carbocycles. The molecule has 0 saturated carbocycles. The zero-order chi connectivity index (χ0) is 16.7. The summed E-state index contributed by atoms with van der Waals surface area (Å²) >= 11 is 0. The molecular formula is C18H24IN3O2. The van der Waals surface area contributed by atoms with Gasteiger partial charge in [0.05, 0.1) is 19.8 Å². The van der Waals surface area contributed by atoms with Crippen molar-refractivity contribution >= 4 is 35.6 Å². The fourth-order valence-corrected chi connectivity index (χ4v) is 2.15. The third-order valence-corrected chi connectivity index (χ3v) is 3.55. The van der Waals surface area contributed by atoms with E-state index in [1.165, 1.54) is 5.56 Å². The van der Waals surface area contributed by atoms with E-state index in [0.717, 1.165) is 17.7 Å². The molecule has 5 nitrogen and oxygen atoms in total. The smallest absolute Gasteiger partial charge is 0.193 e. The van der Waals surface area contributed by atoms with Crippen molar-refractivity contribution in [2.75, 3.05) is 19.0 Å². The van der Waals surface area contributed by atoms with E-state index in [2.05, 4.69) is 17.2 Å². The van der Waals surface area contributed by atoms with Gasteiger partial charge in [-0.1, -0.05) is 31.2 Å². The summed E-state index contributed by atoms with van der Waals surface area (Å²) in [5.74, 6) is 0.976. The van der Waals surface area contributed by atoms with Crippen molar-refractivity contribution < 1.29 is 9.84 Å². The number of methoxy groups -OCH3 is 1. The van der Waals surface area contributed by atoms with Crippen molar-refractivity contribution in [1.82, 2.24) is 0 Å². The summed E-state index contributed by atoms with van der Waals surface area (Å²) in [5, 5.41) is 13.2. The third-order valence-electron chi connectivity index (χ3n) is 3.55. The Balaban J connectivity index is 0.00000288. The summed E-state index contributed by atoms with van der Waals surface area (Å²) < 4.78 is 5.14. The highest BCUT2D eigenvalue weighted by Gasteiger charge is 2.08. The fourth-order valence-electron chi connectivity index (χ4n) is 2.15. The van der Waals surface area contributed by atoms with Crippen LogP contribution < -0.4 is 15.8 Å². The second-order valence-corrected chi connectivity index (χ2v) is 5.19. The molecule has 0 amide bonds. The Labute approximate surface area is 160 Å². The van der Waals surface area contributed by atoms with Crippen molar-refractivity contribution in [2.24, 2.45) is 10.7 Å². The maximum absolute atomic E-state index is 10.2. The van der Waals surface area contributed by atoms with Gasteiger partial charge in [-0.05, 0) is 41.8 Å². The van der Waals surface area contributed by atoms with E-state index in [-0.39, 0.29) is 36.5 Å². The van der Waals surface area contributed by atoms with E-state index in [1.807, 2.05) is 42.5 Å². The molecule has 0 saturated heterocycles. The van der Waals surface area contributed by atoms with Gasteiger partial charge < -0.3 is 20.9 Å². The first-order chi connectivity index (χ1) is 11.1. The zero-order valence-corrected chi connectivity index (χ0v) is 16.2. The van der Waals surface area contributed by atoms with Gasteiger partial charge >= 0.3 is 0 Å². The summed E-state index contributed by atoms with van der Waals surface area (Å²) in [6.45, 7) is 2.29. The van der Waals surface area contributed by atoms with Gasteiger partial charge in [-0.25, -0.2) is 0 Å². The largest absolute Gasteiger partial charge is 0.497 e. The van der Waals surface area contributed by atoms with Crippen LogP contribution in [0.3, 0.4) is 0 Å². The average molecular weight is 441 g/mol. The van der Waals surface area contributed by atoms with Crippen LogP contribution in [0.2, 0.25) is 0 Å². The molecule has 1 unspecified atom stereocenters. The van der Waals surface area contributed by atoms with E-state index >= 15 is 0 Å². The number of nitrogens with one attached hydrogen (secondary N) is 1. The van der Waals surface area contributed by atoms with Crippen LogP contribution >= 0.6 is 24.0 Å². The number of benzene rings is 2. The quantitative estimate of drug-likeness (QED) is 0.365. The molecule has 0 bridgehead atoms. The number of aryl methyl sites for hydroxylation is 1. The minimum Gasteiger partial charge on any atom is -0.497 e. The molecule has 4 N–H and O–H groups in total. The third kappa shape index (κ3) is 6.01. The molecule has 0 fully saturated rings. The van der Waals surface area contributed by atoms with E-state index in [0.29, 0.717) is 5.75 Å². The van der Waals surface area contributed by atoms with Crippen LogP contribution in [0.5, 0.6) is 5.75 Å². The van der Waals surface area contributed by atoms with Crippen molar-refractivity contribution in [2.45, 2.75) is 19.4 Å². The minimum absolute atomic E-state index is 0. The van der Waals surface area contributed by atoms with Gasteiger partial charge in [0.2, 0.25) is 0 Å². The van der Waals surface area contributed by atoms with Gasteiger partial charge in [0.15, 0.2) is 5.96 Å². The standard InChI is InChI=1S/C18H23N3O2.HI/c1-3-13-7-9-15(10-8-13)21-18(19)20-12-17(22)14-5-4-6-16(11-14)23-2;/h4-11,17,22H,3,12H2,1-2H3,(H3,19,20,21);1H. The van der Waals surface area contributed by atoms with Gasteiger partial charge in [0.25, 0.3) is 0 Å². The highest BCUT2D eigenvalue weighted by atomic mass is 127. The van der Waals surface area contributed by atoms with Crippen molar-refractivity contribution in [3.05, 3.63) is 59.7 Å². The van der Waals surface area contributed by atoms with Crippen LogP contribution in [0.15, 0.2) is 53.5 Å². The number of aliphatic hydroxyl groups is 1. The molecule has 6 heteroatoms. The highest BCUT2D eigenvalue weighted by molar-refractivity contribution is 14.0. The molecule has 0 aliphatic heterocycles. The predicted octanol–water partition coefficient (Wildman–Crippen LogP) is 3.34. The molecular weight excluding hydrogens is 417 g/mol. The van der Waals surface area contributed by atoms with Gasteiger partial charge in [-0.3, -0.25) is 4.99 Å². The first-order valence-corrected chi connectivity index (χ1v) is 7.60. The Hall–Kier alpha value is -1.80. The predicted molar refractivity (Wildman–Crippen MR) is 109 cm³/mol. The summed E-state index contributed by atoms with van der Waals surface area (Å²) in [6.07, 6.45) is 0.268. The molecule has 24 heavy (non-hydrogen) atoms. The fraction of sp³-hybridized carbons (Fsp3) is 0.278. The number of aliphatic imine (C=N–C) groups is 1. The first kappa shape index (κ1) is 20.2. The summed E-state index contributed by atoms with van der Waals surface area (Å²) in [7, 11) is 1.59. The Morgan fingerprint density at radius 2 is 1.96 bits per heavy atom. The van der Waals surface area contributed by atoms with Crippen molar-refractivity contribution in [3.63, 3.8) is 0 Å². The van der Waals surface area contributed by atoms with Gasteiger partial charge in [0.1, 0.15) is 5.75 Å².